The first-order valence-electron chi connectivity index (χ1n) is 6.23. The van der Waals surface area contributed by atoms with Crippen LogP contribution in [0.15, 0.2) is 18.2 Å². The number of methoxy groups -OCH3 is 1. The molecule has 1 atom stereocenters. The number of halogens is 1. The molecule has 1 aromatic rings. The van der Waals surface area contributed by atoms with Crippen LogP contribution in [0.2, 0.25) is 0 Å². The smallest absolute Gasteiger partial charge is 0.165 e. The third-order valence-electron chi connectivity index (χ3n) is 2.93. The van der Waals surface area contributed by atoms with Crippen LogP contribution in [0.5, 0.6) is 5.75 Å². The fourth-order valence-electron chi connectivity index (χ4n) is 1.78. The van der Waals surface area contributed by atoms with Crippen molar-refractivity contribution in [2.45, 2.75) is 32.6 Å². The van der Waals surface area contributed by atoms with E-state index in [0.717, 1.165) is 31.5 Å². The van der Waals surface area contributed by atoms with Crippen molar-refractivity contribution in [3.05, 3.63) is 29.6 Å². The lowest BCUT2D eigenvalue weighted by Crippen LogP contribution is -2.17. The van der Waals surface area contributed by atoms with Crippen molar-refractivity contribution in [2.24, 2.45) is 0 Å². The molecule has 96 valence electrons. The molecule has 0 aliphatic carbocycles. The molecule has 1 rings (SSSR count). The summed E-state index contributed by atoms with van der Waals surface area (Å²) in [6.45, 7) is 6.29. The van der Waals surface area contributed by atoms with E-state index in [1.54, 1.807) is 12.1 Å². The van der Waals surface area contributed by atoms with Crippen molar-refractivity contribution in [2.75, 3.05) is 20.2 Å². The third kappa shape index (κ3) is 4.35. The fraction of sp³-hybridized carbons (Fsp3) is 0.571. The summed E-state index contributed by atoms with van der Waals surface area (Å²) in [5, 5.41) is 3.35. The van der Waals surface area contributed by atoms with E-state index in [0.29, 0.717) is 11.7 Å². The van der Waals surface area contributed by atoms with Gasteiger partial charge < -0.3 is 10.1 Å². The maximum absolute atomic E-state index is 13.5. The second-order valence-corrected chi connectivity index (χ2v) is 4.33. The van der Waals surface area contributed by atoms with E-state index in [1.807, 2.05) is 6.07 Å². The highest BCUT2D eigenvalue weighted by molar-refractivity contribution is 5.30. The van der Waals surface area contributed by atoms with Gasteiger partial charge in [0.15, 0.2) is 11.6 Å². The normalized spacial score (nSPS) is 12.5. The van der Waals surface area contributed by atoms with Crippen molar-refractivity contribution in [3.8, 4) is 5.75 Å². The highest BCUT2D eigenvalue weighted by Gasteiger charge is 2.09. The highest BCUT2D eigenvalue weighted by atomic mass is 19.1. The molecule has 1 N–H and O–H groups in total. The number of hydrogen-bond donors (Lipinski definition) is 1. The molecule has 0 aliphatic heterocycles. The number of nitrogens with one attached hydrogen (secondary N) is 1. The lowest BCUT2D eigenvalue weighted by molar-refractivity contribution is 0.386. The van der Waals surface area contributed by atoms with Gasteiger partial charge in [0.05, 0.1) is 7.11 Å². The van der Waals surface area contributed by atoms with Gasteiger partial charge >= 0.3 is 0 Å². The molecule has 0 saturated carbocycles. The van der Waals surface area contributed by atoms with Crippen LogP contribution in [-0.2, 0) is 0 Å². The summed E-state index contributed by atoms with van der Waals surface area (Å²) in [6, 6.07) is 5.20. The van der Waals surface area contributed by atoms with E-state index in [2.05, 4.69) is 19.2 Å². The van der Waals surface area contributed by atoms with Crippen molar-refractivity contribution >= 4 is 0 Å². The van der Waals surface area contributed by atoms with Crippen molar-refractivity contribution in [3.63, 3.8) is 0 Å². The molecule has 0 bridgehead atoms. The lowest BCUT2D eigenvalue weighted by atomic mass is 9.97. The molecule has 3 heteroatoms. The standard InChI is InChI=1S/C14H22FNO/c1-4-8-16-9-7-11(2)12-5-6-14(17-3)13(15)10-12/h5-6,10-11,16H,4,7-9H2,1-3H3. The van der Waals surface area contributed by atoms with Gasteiger partial charge in [0.25, 0.3) is 0 Å². The van der Waals surface area contributed by atoms with Gasteiger partial charge in [-0.1, -0.05) is 19.9 Å². The van der Waals surface area contributed by atoms with E-state index < -0.39 is 0 Å². The summed E-state index contributed by atoms with van der Waals surface area (Å²) in [7, 11) is 1.48. The Labute approximate surface area is 103 Å². The molecular weight excluding hydrogens is 217 g/mol. The van der Waals surface area contributed by atoms with Crippen LogP contribution in [0.25, 0.3) is 0 Å². The van der Waals surface area contributed by atoms with E-state index >= 15 is 0 Å². The Balaban J connectivity index is 2.51. The molecule has 1 aromatic carbocycles. The first-order valence-corrected chi connectivity index (χ1v) is 6.23. The van der Waals surface area contributed by atoms with Gasteiger partial charge in [-0.15, -0.1) is 0 Å². The average Bonchev–Trinajstić information content (AvgIpc) is 2.34. The van der Waals surface area contributed by atoms with E-state index in [1.165, 1.54) is 7.11 Å². The predicted octanol–water partition coefficient (Wildman–Crippen LogP) is 3.33. The van der Waals surface area contributed by atoms with Gasteiger partial charge in [-0.25, -0.2) is 4.39 Å². The molecule has 0 spiro atoms. The molecule has 0 saturated heterocycles. The van der Waals surface area contributed by atoms with Gasteiger partial charge in [-0.05, 0) is 49.5 Å². The summed E-state index contributed by atoms with van der Waals surface area (Å²) in [6.07, 6.45) is 2.16. The fourth-order valence-corrected chi connectivity index (χ4v) is 1.78. The van der Waals surface area contributed by atoms with Crippen LogP contribution in [0, 0.1) is 5.82 Å². The molecule has 0 aliphatic rings. The molecule has 17 heavy (non-hydrogen) atoms. The number of ether oxygens (including phenoxy) is 1. The van der Waals surface area contributed by atoms with Gasteiger partial charge in [0.1, 0.15) is 0 Å². The minimum atomic E-state index is -0.279. The summed E-state index contributed by atoms with van der Waals surface area (Å²) >= 11 is 0. The molecular formula is C14H22FNO. The topological polar surface area (TPSA) is 21.3 Å². The van der Waals surface area contributed by atoms with E-state index in [-0.39, 0.29) is 5.82 Å². The first-order chi connectivity index (χ1) is 8.19. The zero-order chi connectivity index (χ0) is 12.7. The second-order valence-electron chi connectivity index (χ2n) is 4.33. The first kappa shape index (κ1) is 14.0. The summed E-state index contributed by atoms with van der Waals surface area (Å²) in [5.41, 5.74) is 1.03. The summed E-state index contributed by atoms with van der Waals surface area (Å²) < 4.78 is 18.4. The Morgan fingerprint density at radius 2 is 2.12 bits per heavy atom. The van der Waals surface area contributed by atoms with Crippen molar-refractivity contribution in [1.82, 2.24) is 5.32 Å². The zero-order valence-electron chi connectivity index (χ0n) is 10.9. The minimum Gasteiger partial charge on any atom is -0.494 e. The maximum atomic E-state index is 13.5. The quantitative estimate of drug-likeness (QED) is 0.737. The van der Waals surface area contributed by atoms with Crippen LogP contribution in [0.3, 0.4) is 0 Å². The average molecular weight is 239 g/mol. The van der Waals surface area contributed by atoms with E-state index in [9.17, 15) is 4.39 Å². The highest BCUT2D eigenvalue weighted by Crippen LogP contribution is 2.24. The Morgan fingerprint density at radius 1 is 1.35 bits per heavy atom. The SMILES string of the molecule is CCCNCCC(C)c1ccc(OC)c(F)c1. The number of hydrogen-bond acceptors (Lipinski definition) is 2. The van der Waals surface area contributed by atoms with Crippen LogP contribution < -0.4 is 10.1 Å². The molecule has 0 amide bonds. The molecule has 1 unspecified atom stereocenters. The molecule has 0 radical (unpaired) electrons. The largest absolute Gasteiger partial charge is 0.494 e. The van der Waals surface area contributed by atoms with Crippen LogP contribution in [-0.4, -0.2) is 20.2 Å². The predicted molar refractivity (Wildman–Crippen MR) is 69.1 cm³/mol. The Kier molecular flexibility index (Phi) is 5.98. The summed E-state index contributed by atoms with van der Waals surface area (Å²) in [4.78, 5) is 0. The minimum absolute atomic E-state index is 0.279. The van der Waals surface area contributed by atoms with Gasteiger partial charge in [0.2, 0.25) is 0 Å². The summed E-state index contributed by atoms with van der Waals surface area (Å²) in [5.74, 6) is 0.392. The molecule has 0 fully saturated rings. The number of benzene rings is 1. The Hall–Kier alpha value is -1.09. The lowest BCUT2D eigenvalue weighted by Gasteiger charge is -2.13. The molecule has 2 nitrogen and oxygen atoms in total. The van der Waals surface area contributed by atoms with Crippen molar-refractivity contribution < 1.29 is 9.13 Å². The monoisotopic (exact) mass is 239 g/mol. The maximum Gasteiger partial charge on any atom is 0.165 e. The zero-order valence-corrected chi connectivity index (χ0v) is 10.9. The molecule has 0 heterocycles. The Bertz CT molecular complexity index is 341. The van der Waals surface area contributed by atoms with Gasteiger partial charge in [0, 0.05) is 0 Å². The van der Waals surface area contributed by atoms with E-state index in [4.69, 9.17) is 4.74 Å². The van der Waals surface area contributed by atoms with Gasteiger partial charge in [-0.3, -0.25) is 0 Å². The van der Waals surface area contributed by atoms with Gasteiger partial charge in [-0.2, -0.15) is 0 Å². The number of rotatable bonds is 7. The Morgan fingerprint density at radius 3 is 2.71 bits per heavy atom. The van der Waals surface area contributed by atoms with Crippen LogP contribution in [0.1, 0.15) is 38.2 Å². The third-order valence-corrected chi connectivity index (χ3v) is 2.93. The molecule has 0 aromatic heterocycles. The van der Waals surface area contributed by atoms with Crippen LogP contribution in [0.4, 0.5) is 4.39 Å². The second kappa shape index (κ2) is 7.28. The van der Waals surface area contributed by atoms with Crippen molar-refractivity contribution in [1.29, 1.82) is 0 Å². The van der Waals surface area contributed by atoms with Crippen LogP contribution >= 0.6 is 0 Å².